The summed E-state index contributed by atoms with van der Waals surface area (Å²) >= 11 is 0. The number of aromatic nitrogens is 1. The van der Waals surface area contributed by atoms with Gasteiger partial charge in [-0.15, -0.1) is 0 Å². The highest BCUT2D eigenvalue weighted by Crippen LogP contribution is 2.46. The molecule has 7 unspecified atom stereocenters. The fourth-order valence-electron chi connectivity index (χ4n) is 8.46. The molecule has 4 amide bonds. The summed E-state index contributed by atoms with van der Waals surface area (Å²) in [5.74, 6) is -0.835. The van der Waals surface area contributed by atoms with E-state index >= 15 is 0 Å². The van der Waals surface area contributed by atoms with Crippen molar-refractivity contribution in [2.45, 2.75) is 114 Å². The highest BCUT2D eigenvalue weighted by molar-refractivity contribution is 7.91. The number of methoxy groups -OCH3 is 1. The van der Waals surface area contributed by atoms with Gasteiger partial charge in [0.15, 0.2) is 0 Å². The summed E-state index contributed by atoms with van der Waals surface area (Å²) in [5, 5.41) is 3.82. The van der Waals surface area contributed by atoms with E-state index in [0.29, 0.717) is 74.8 Å². The molecule has 328 valence electrons. The molecule has 7 rings (SSSR count). The van der Waals surface area contributed by atoms with E-state index < -0.39 is 74.3 Å². The van der Waals surface area contributed by atoms with Crippen molar-refractivity contribution in [1.82, 2.24) is 30.8 Å². The Morgan fingerprint density at radius 3 is 2.50 bits per heavy atom. The summed E-state index contributed by atoms with van der Waals surface area (Å²) in [7, 11) is -2.32. The van der Waals surface area contributed by atoms with Crippen LogP contribution in [0.15, 0.2) is 36.4 Å². The molecule has 4 N–H and O–H groups in total. The van der Waals surface area contributed by atoms with E-state index in [-0.39, 0.29) is 31.2 Å². The number of morpholine rings is 1. The number of anilines is 1. The number of nitrogens with one attached hydrogen (secondary N) is 4. The molecule has 2 aliphatic carbocycles. The number of fused-ring (bicyclic) bond motifs is 3. The lowest BCUT2D eigenvalue weighted by Gasteiger charge is -2.33. The number of rotatable bonds is 9. The summed E-state index contributed by atoms with van der Waals surface area (Å²) in [6.45, 7) is 11.5. The first kappa shape index (κ1) is 43.4. The molecular weight excluding hydrogens is 795 g/mol. The van der Waals surface area contributed by atoms with Gasteiger partial charge in [0.05, 0.1) is 32.1 Å². The number of benzene rings is 1. The molecule has 2 saturated heterocycles. The average molecular weight is 854 g/mol. The maximum absolute atomic E-state index is 15.0. The van der Waals surface area contributed by atoms with Gasteiger partial charge in [-0.05, 0) is 101 Å². The number of carbonyl (C=O) groups is 4. The van der Waals surface area contributed by atoms with Gasteiger partial charge in [-0.3, -0.25) is 24.5 Å². The van der Waals surface area contributed by atoms with Crippen LogP contribution in [-0.4, -0.2) is 117 Å². The molecule has 3 aliphatic heterocycles. The number of hydrogen-bond acceptors (Lipinski definition) is 13. The first-order valence-corrected chi connectivity index (χ1v) is 22.6. The average Bonchev–Trinajstić information content (AvgIpc) is 4.12. The Hall–Kier alpha value is -4.68. The fraction of sp³-hybridized carbons (Fsp3) is 0.643. The quantitative estimate of drug-likeness (QED) is 0.211. The minimum absolute atomic E-state index is 0.0243. The molecular formula is C42H59N7O10S. The first-order chi connectivity index (χ1) is 28.5. The molecule has 0 bridgehead atoms. The molecule has 17 nitrogen and oxygen atoms in total. The lowest BCUT2D eigenvalue weighted by atomic mass is 9.88. The molecule has 0 spiro atoms. The van der Waals surface area contributed by atoms with Gasteiger partial charge in [-0.1, -0.05) is 26.0 Å². The van der Waals surface area contributed by atoms with Crippen LogP contribution in [0.2, 0.25) is 0 Å². The van der Waals surface area contributed by atoms with Gasteiger partial charge in [0.2, 0.25) is 27.7 Å². The number of hydrazine groups is 1. The minimum Gasteiger partial charge on any atom is -0.497 e. The number of pyridine rings is 1. The fourth-order valence-corrected chi connectivity index (χ4v) is 9.82. The largest absolute Gasteiger partial charge is 0.497 e. The van der Waals surface area contributed by atoms with Gasteiger partial charge < -0.3 is 34.1 Å². The van der Waals surface area contributed by atoms with Crippen LogP contribution in [0, 0.1) is 17.8 Å². The number of sulfonamides is 1. The van der Waals surface area contributed by atoms with Gasteiger partial charge in [-0.25, -0.2) is 18.6 Å². The molecule has 1 aromatic heterocycles. The normalized spacial score (nSPS) is 29.0. The van der Waals surface area contributed by atoms with Crippen molar-refractivity contribution in [3.63, 3.8) is 0 Å². The van der Waals surface area contributed by atoms with Crippen LogP contribution in [0.25, 0.3) is 10.8 Å². The number of carbonyl (C=O) groups excluding carboxylic acids is 4. The van der Waals surface area contributed by atoms with E-state index in [2.05, 4.69) is 32.7 Å². The SMILES string of the molecule is COc1ccc2c(OC3CC4C(=O)NC5(C(=O)NS(=O)(=O)C6CC6)CC5C=CCCC(C)CC(C)C(NNC(=O)OC(C)(C)C)C(=O)N4C3)nc(N3CCOCC3)cc2c1. The predicted molar refractivity (Wildman–Crippen MR) is 223 cm³/mol. The lowest BCUT2D eigenvalue weighted by molar-refractivity contribution is -0.142. The Bertz CT molecular complexity index is 2100. The highest BCUT2D eigenvalue weighted by Gasteiger charge is 2.62. The van der Waals surface area contributed by atoms with Crippen LogP contribution in [0.1, 0.15) is 79.6 Å². The second kappa shape index (κ2) is 17.4. The maximum Gasteiger partial charge on any atom is 0.422 e. The van der Waals surface area contributed by atoms with Crippen molar-refractivity contribution in [1.29, 1.82) is 0 Å². The van der Waals surface area contributed by atoms with Gasteiger partial charge in [0.25, 0.3) is 5.91 Å². The molecule has 4 heterocycles. The van der Waals surface area contributed by atoms with E-state index in [1.165, 1.54) is 4.90 Å². The van der Waals surface area contributed by atoms with Gasteiger partial charge in [0.1, 0.15) is 40.9 Å². The highest BCUT2D eigenvalue weighted by atomic mass is 32.2. The number of ether oxygens (including phenoxy) is 4. The topological polar surface area (TPSA) is 207 Å². The van der Waals surface area contributed by atoms with Crippen LogP contribution in [0.4, 0.5) is 10.6 Å². The van der Waals surface area contributed by atoms with E-state index in [9.17, 15) is 27.6 Å². The van der Waals surface area contributed by atoms with E-state index in [1.807, 2.05) is 43.3 Å². The van der Waals surface area contributed by atoms with Crippen LogP contribution >= 0.6 is 0 Å². The Kier molecular flexibility index (Phi) is 12.6. The van der Waals surface area contributed by atoms with E-state index in [1.54, 1.807) is 27.9 Å². The van der Waals surface area contributed by atoms with E-state index in [4.69, 9.17) is 23.9 Å². The monoisotopic (exact) mass is 853 g/mol. The first-order valence-electron chi connectivity index (χ1n) is 21.0. The molecule has 1 aromatic carbocycles. The maximum atomic E-state index is 15.0. The Morgan fingerprint density at radius 1 is 1.05 bits per heavy atom. The zero-order chi connectivity index (χ0) is 43.0. The minimum atomic E-state index is -3.92. The van der Waals surface area contributed by atoms with Gasteiger partial charge in [0, 0.05) is 30.8 Å². The molecule has 18 heteroatoms. The zero-order valence-corrected chi connectivity index (χ0v) is 36.1. The number of hydrogen-bond donors (Lipinski definition) is 4. The molecule has 2 aromatic rings. The van der Waals surface area contributed by atoms with Crippen molar-refractivity contribution < 1.29 is 46.5 Å². The molecule has 0 radical (unpaired) electrons. The third kappa shape index (κ3) is 9.92. The second-order valence-electron chi connectivity index (χ2n) is 18.0. The third-order valence-corrected chi connectivity index (χ3v) is 13.8. The zero-order valence-electron chi connectivity index (χ0n) is 35.3. The van der Waals surface area contributed by atoms with Crippen LogP contribution in [0.3, 0.4) is 0 Å². The summed E-state index contributed by atoms with van der Waals surface area (Å²) in [4.78, 5) is 64.9. The summed E-state index contributed by atoms with van der Waals surface area (Å²) in [6.07, 6.45) is 5.58. The summed E-state index contributed by atoms with van der Waals surface area (Å²) in [6, 6.07) is 5.42. The Balaban J connectivity index is 1.23. The Morgan fingerprint density at radius 2 is 1.80 bits per heavy atom. The molecule has 5 aliphatic rings. The summed E-state index contributed by atoms with van der Waals surface area (Å²) < 4.78 is 51.5. The number of allylic oxidation sites excluding steroid dienone is 1. The van der Waals surface area contributed by atoms with Crippen molar-refractivity contribution in [3.8, 4) is 11.6 Å². The van der Waals surface area contributed by atoms with Crippen LogP contribution in [0.5, 0.6) is 11.6 Å². The smallest absolute Gasteiger partial charge is 0.422 e. The van der Waals surface area contributed by atoms with Gasteiger partial charge >= 0.3 is 6.09 Å². The Labute approximate surface area is 351 Å². The second-order valence-corrected chi connectivity index (χ2v) is 19.9. The molecule has 7 atom stereocenters. The van der Waals surface area contributed by atoms with Crippen LogP contribution < -0.4 is 35.3 Å². The van der Waals surface area contributed by atoms with Crippen molar-refractivity contribution in [3.05, 3.63) is 36.4 Å². The predicted octanol–water partition coefficient (Wildman–Crippen LogP) is 3.32. The van der Waals surface area contributed by atoms with Crippen molar-refractivity contribution in [2.75, 3.05) is 44.9 Å². The van der Waals surface area contributed by atoms with Crippen molar-refractivity contribution >= 4 is 50.4 Å². The number of amides is 4. The standard InChI is InChI=1S/C42H59N7O10S/c1-25-9-7-8-10-28-23-42(28,39(52)47-60(54,55)31-12-13-31)44-36(50)33-22-30(24-49(33)38(51)35(26(2)19-25)45-46-40(53)59-41(3,4)5)58-37-32-14-11-29(56-6)20-27(32)21-34(43-37)48-15-17-57-18-16-48/h8,10-11,14,20-21,25-26,28,30-31,33,35,45H,7,9,12-13,15-19,22-24H2,1-6H3,(H,44,50)(H,46,53)(H,47,52). The lowest BCUT2D eigenvalue weighted by Crippen LogP contribution is -2.60. The van der Waals surface area contributed by atoms with Crippen molar-refractivity contribution in [2.24, 2.45) is 17.8 Å². The molecule has 2 saturated carbocycles. The van der Waals surface area contributed by atoms with Crippen LogP contribution in [-0.2, 0) is 33.9 Å². The van der Waals surface area contributed by atoms with Gasteiger partial charge in [-0.2, -0.15) is 4.98 Å². The summed E-state index contributed by atoms with van der Waals surface area (Å²) in [5.41, 5.74) is 3.18. The van der Waals surface area contributed by atoms with E-state index in [0.717, 1.165) is 11.8 Å². The molecule has 60 heavy (non-hydrogen) atoms. The molecule has 4 fully saturated rings. The third-order valence-electron chi connectivity index (χ3n) is 11.9. The number of nitrogens with zero attached hydrogens (tertiary/aromatic N) is 3.